The normalized spacial score (nSPS) is 18.9. The van der Waals surface area contributed by atoms with Gasteiger partial charge in [0.1, 0.15) is 10.7 Å². The van der Waals surface area contributed by atoms with Gasteiger partial charge in [0.2, 0.25) is 5.91 Å². The van der Waals surface area contributed by atoms with Crippen molar-refractivity contribution in [3.05, 3.63) is 106 Å². The summed E-state index contributed by atoms with van der Waals surface area (Å²) in [6.45, 7) is 3.86. The molecule has 0 radical (unpaired) electrons. The number of halogens is 1. The summed E-state index contributed by atoms with van der Waals surface area (Å²) in [5, 5.41) is 8.58. The maximum Gasteiger partial charge on any atom is 0.263 e. The van der Waals surface area contributed by atoms with Gasteiger partial charge in [-0.05, 0) is 67.8 Å². The molecule has 0 saturated carbocycles. The van der Waals surface area contributed by atoms with Crippen LogP contribution in [0.5, 0.6) is 0 Å². The van der Waals surface area contributed by atoms with Crippen molar-refractivity contribution in [2.45, 2.75) is 38.8 Å². The van der Waals surface area contributed by atoms with E-state index < -0.39 is 5.92 Å². The zero-order valence-corrected chi connectivity index (χ0v) is 22.9. The fourth-order valence-corrected chi connectivity index (χ4v) is 6.36. The molecule has 9 heteroatoms. The summed E-state index contributed by atoms with van der Waals surface area (Å²) in [4.78, 5) is 34.1. The van der Waals surface area contributed by atoms with Crippen LogP contribution in [0.3, 0.4) is 0 Å². The SMILES string of the molecule is CC[C@@H]1[C@@H](NC(=O)c2scnc2C)C(Cc2ccccc2)C(=O)N1c1ccc2c(cnn2-c2ccc(F)cc2)c1. The lowest BCUT2D eigenvalue weighted by atomic mass is 9.90. The number of hydrogen-bond donors (Lipinski definition) is 1. The third kappa shape index (κ3) is 4.66. The highest BCUT2D eigenvalue weighted by Gasteiger charge is 2.48. The van der Waals surface area contributed by atoms with Crippen LogP contribution in [-0.2, 0) is 11.2 Å². The molecule has 3 aromatic carbocycles. The van der Waals surface area contributed by atoms with Gasteiger partial charge in [0.15, 0.2) is 0 Å². The molecule has 1 saturated heterocycles. The van der Waals surface area contributed by atoms with Crippen molar-refractivity contribution in [3.8, 4) is 5.69 Å². The summed E-state index contributed by atoms with van der Waals surface area (Å²) in [5.74, 6) is -0.959. The van der Waals surface area contributed by atoms with Crippen LogP contribution in [0, 0.1) is 18.7 Å². The fourth-order valence-electron chi connectivity index (χ4n) is 5.65. The molecule has 1 aliphatic rings. The molecule has 1 unspecified atom stereocenters. The van der Waals surface area contributed by atoms with Crippen LogP contribution in [0.4, 0.5) is 10.1 Å². The van der Waals surface area contributed by atoms with E-state index in [9.17, 15) is 14.0 Å². The van der Waals surface area contributed by atoms with E-state index in [1.54, 1.807) is 28.5 Å². The van der Waals surface area contributed by atoms with Crippen molar-refractivity contribution in [2.75, 3.05) is 4.90 Å². The van der Waals surface area contributed by atoms with Crippen LogP contribution >= 0.6 is 11.3 Å². The van der Waals surface area contributed by atoms with Gasteiger partial charge in [-0.3, -0.25) is 9.59 Å². The van der Waals surface area contributed by atoms with Crippen molar-refractivity contribution in [3.63, 3.8) is 0 Å². The fraction of sp³-hybridized carbons (Fsp3) is 0.226. The van der Waals surface area contributed by atoms with Crippen molar-refractivity contribution in [1.82, 2.24) is 20.1 Å². The summed E-state index contributed by atoms with van der Waals surface area (Å²) in [7, 11) is 0. The van der Waals surface area contributed by atoms with Gasteiger partial charge in [0.05, 0.1) is 46.6 Å². The smallest absolute Gasteiger partial charge is 0.263 e. The molecule has 1 aliphatic heterocycles. The van der Waals surface area contributed by atoms with Crippen LogP contribution in [0.25, 0.3) is 16.6 Å². The Kier molecular flexibility index (Phi) is 6.89. The molecule has 40 heavy (non-hydrogen) atoms. The second-order valence-corrected chi connectivity index (χ2v) is 10.9. The van der Waals surface area contributed by atoms with Crippen molar-refractivity contribution >= 4 is 39.7 Å². The number of fused-ring (bicyclic) bond motifs is 1. The van der Waals surface area contributed by atoms with Crippen LogP contribution in [-0.4, -0.2) is 38.7 Å². The van der Waals surface area contributed by atoms with E-state index in [0.717, 1.165) is 27.8 Å². The van der Waals surface area contributed by atoms with Crippen molar-refractivity contribution < 1.29 is 14.0 Å². The number of carbonyl (C=O) groups excluding carboxylic acids is 2. The van der Waals surface area contributed by atoms with E-state index in [4.69, 9.17) is 0 Å². The van der Waals surface area contributed by atoms with Gasteiger partial charge in [-0.1, -0.05) is 37.3 Å². The third-order valence-electron chi connectivity index (χ3n) is 7.60. The Labute approximate surface area is 235 Å². The van der Waals surface area contributed by atoms with E-state index in [1.165, 1.54) is 23.5 Å². The number of rotatable bonds is 7. The monoisotopic (exact) mass is 553 g/mol. The average molecular weight is 554 g/mol. The highest BCUT2D eigenvalue weighted by Crippen LogP contribution is 2.36. The van der Waals surface area contributed by atoms with Gasteiger partial charge >= 0.3 is 0 Å². The number of hydrogen-bond acceptors (Lipinski definition) is 5. The number of nitrogens with zero attached hydrogens (tertiary/aromatic N) is 4. The Hall–Kier alpha value is -4.37. The second-order valence-electron chi connectivity index (χ2n) is 10.0. The number of aryl methyl sites for hydroxylation is 1. The molecule has 1 N–H and O–H groups in total. The van der Waals surface area contributed by atoms with E-state index in [0.29, 0.717) is 23.4 Å². The minimum atomic E-state index is -0.429. The lowest BCUT2D eigenvalue weighted by Gasteiger charge is -2.28. The summed E-state index contributed by atoms with van der Waals surface area (Å²) < 4.78 is 15.2. The number of nitrogens with one attached hydrogen (secondary N) is 1. The summed E-state index contributed by atoms with van der Waals surface area (Å²) in [6.07, 6.45) is 2.93. The maximum absolute atomic E-state index is 14.1. The van der Waals surface area contributed by atoms with Crippen LogP contribution in [0.1, 0.15) is 34.3 Å². The Morgan fingerprint density at radius 1 is 1.05 bits per heavy atom. The summed E-state index contributed by atoms with van der Waals surface area (Å²) >= 11 is 1.30. The molecule has 2 aromatic heterocycles. The Morgan fingerprint density at radius 2 is 1.80 bits per heavy atom. The van der Waals surface area contributed by atoms with Gasteiger partial charge in [-0.25, -0.2) is 14.1 Å². The van der Waals surface area contributed by atoms with Crippen LogP contribution in [0.2, 0.25) is 0 Å². The number of amides is 2. The van der Waals surface area contributed by atoms with E-state index in [1.807, 2.05) is 67.3 Å². The number of aromatic nitrogens is 3. The minimum Gasteiger partial charge on any atom is -0.346 e. The molecular formula is C31H28FN5O2S. The number of benzene rings is 3. The Morgan fingerprint density at radius 3 is 2.50 bits per heavy atom. The molecule has 6 rings (SSSR count). The first-order valence-electron chi connectivity index (χ1n) is 13.3. The largest absolute Gasteiger partial charge is 0.346 e. The van der Waals surface area contributed by atoms with Gasteiger partial charge in [0, 0.05) is 11.1 Å². The minimum absolute atomic E-state index is 0.0210. The zero-order chi connectivity index (χ0) is 27.8. The lowest BCUT2D eigenvalue weighted by molar-refractivity contribution is -0.120. The van der Waals surface area contributed by atoms with E-state index in [-0.39, 0.29) is 29.7 Å². The van der Waals surface area contributed by atoms with E-state index >= 15 is 0 Å². The number of carbonyl (C=O) groups is 2. The Balaban J connectivity index is 1.36. The molecule has 3 atom stereocenters. The average Bonchev–Trinajstić information content (AvgIpc) is 3.66. The van der Waals surface area contributed by atoms with Gasteiger partial charge < -0.3 is 10.2 Å². The predicted molar refractivity (Wildman–Crippen MR) is 154 cm³/mol. The third-order valence-corrected chi connectivity index (χ3v) is 8.53. The second kappa shape index (κ2) is 10.7. The van der Waals surface area contributed by atoms with Gasteiger partial charge in [-0.15, -0.1) is 11.3 Å². The molecule has 0 aliphatic carbocycles. The topological polar surface area (TPSA) is 80.1 Å². The number of anilines is 1. The molecule has 0 spiro atoms. The van der Waals surface area contributed by atoms with Crippen molar-refractivity contribution in [1.29, 1.82) is 0 Å². The Bertz CT molecular complexity index is 1680. The standard InChI is InChI=1S/C31H28FN5O2S/c1-3-26-28(35-30(38)29-19(2)33-18-40-29)25(15-20-7-5-4-6-8-20)31(39)36(26)24-13-14-27-21(16-24)17-34-37(27)23-11-9-22(32)10-12-23/h4-14,16-18,25-26,28H,3,15H2,1-2H3,(H,35,38)/t25?,26-,28+/m1/s1. The highest BCUT2D eigenvalue weighted by molar-refractivity contribution is 7.11. The molecule has 0 bridgehead atoms. The molecule has 3 heterocycles. The molecule has 202 valence electrons. The van der Waals surface area contributed by atoms with Gasteiger partial charge in [0.25, 0.3) is 5.91 Å². The van der Waals surface area contributed by atoms with Crippen LogP contribution < -0.4 is 10.2 Å². The van der Waals surface area contributed by atoms with Gasteiger partial charge in [-0.2, -0.15) is 5.10 Å². The zero-order valence-electron chi connectivity index (χ0n) is 22.1. The molecule has 1 fully saturated rings. The highest BCUT2D eigenvalue weighted by atomic mass is 32.1. The predicted octanol–water partition coefficient (Wildman–Crippen LogP) is 5.71. The molecule has 2 amide bonds. The quantitative estimate of drug-likeness (QED) is 0.280. The first-order valence-corrected chi connectivity index (χ1v) is 14.1. The van der Waals surface area contributed by atoms with Crippen molar-refractivity contribution in [2.24, 2.45) is 5.92 Å². The summed E-state index contributed by atoms with van der Waals surface area (Å²) in [6, 6.07) is 21.3. The summed E-state index contributed by atoms with van der Waals surface area (Å²) in [5.41, 5.74) is 5.74. The lowest BCUT2D eigenvalue weighted by Crippen LogP contribution is -2.47. The first kappa shape index (κ1) is 25.9. The first-order chi connectivity index (χ1) is 19.4. The molecule has 5 aromatic rings. The number of thiazole rings is 1. The van der Waals surface area contributed by atoms with Crippen LogP contribution in [0.15, 0.2) is 84.5 Å². The molecule has 7 nitrogen and oxygen atoms in total. The molecular weight excluding hydrogens is 525 g/mol. The maximum atomic E-state index is 14.1. The van der Waals surface area contributed by atoms with E-state index in [2.05, 4.69) is 15.4 Å².